The van der Waals surface area contributed by atoms with Crippen LogP contribution in [0.2, 0.25) is 10.0 Å². The van der Waals surface area contributed by atoms with Crippen molar-refractivity contribution in [1.29, 1.82) is 0 Å². The molecule has 94 valence electrons. The minimum Gasteiger partial charge on any atom is -0.380 e. The molecule has 1 N–H and O–H groups in total. The van der Waals surface area contributed by atoms with Gasteiger partial charge >= 0.3 is 0 Å². The molecule has 0 bridgehead atoms. The Kier molecular flexibility index (Phi) is 4.15. The molecule has 0 aromatic heterocycles. The maximum Gasteiger partial charge on any atom is 0.0640 e. The van der Waals surface area contributed by atoms with E-state index in [1.165, 1.54) is 11.1 Å². The second-order valence-electron chi connectivity index (χ2n) is 4.41. The first kappa shape index (κ1) is 13.3. The SMILES string of the molecule is Cc1ccc(NCc2ccc(Cl)cc2C)c(Cl)c1. The highest BCUT2D eigenvalue weighted by molar-refractivity contribution is 6.33. The number of halogens is 2. The van der Waals surface area contributed by atoms with E-state index in [4.69, 9.17) is 23.2 Å². The van der Waals surface area contributed by atoms with E-state index >= 15 is 0 Å². The summed E-state index contributed by atoms with van der Waals surface area (Å²) in [5.74, 6) is 0. The van der Waals surface area contributed by atoms with Gasteiger partial charge in [0.2, 0.25) is 0 Å². The van der Waals surface area contributed by atoms with Crippen LogP contribution in [0, 0.1) is 13.8 Å². The van der Waals surface area contributed by atoms with Gasteiger partial charge < -0.3 is 5.32 Å². The zero-order valence-corrected chi connectivity index (χ0v) is 11.9. The van der Waals surface area contributed by atoms with Crippen LogP contribution in [0.15, 0.2) is 36.4 Å². The van der Waals surface area contributed by atoms with Crippen LogP contribution in [0.3, 0.4) is 0 Å². The Bertz CT molecular complexity index is 513. The highest BCUT2D eigenvalue weighted by Gasteiger charge is 2.02. The molecule has 0 fully saturated rings. The topological polar surface area (TPSA) is 12.0 Å². The van der Waals surface area contributed by atoms with Gasteiger partial charge in [-0.2, -0.15) is 0 Å². The van der Waals surface area contributed by atoms with Gasteiger partial charge in [-0.3, -0.25) is 0 Å². The Morgan fingerprint density at radius 1 is 1.00 bits per heavy atom. The van der Waals surface area contributed by atoms with E-state index < -0.39 is 0 Å². The van der Waals surface area contributed by atoms with Crippen LogP contribution in [0.5, 0.6) is 0 Å². The highest BCUT2D eigenvalue weighted by atomic mass is 35.5. The number of aryl methyl sites for hydroxylation is 2. The van der Waals surface area contributed by atoms with Crippen LogP contribution in [-0.2, 0) is 6.54 Å². The van der Waals surface area contributed by atoms with Gasteiger partial charge in [-0.25, -0.2) is 0 Å². The van der Waals surface area contributed by atoms with Gasteiger partial charge in [-0.05, 0) is 54.8 Å². The predicted molar refractivity (Wildman–Crippen MR) is 79.7 cm³/mol. The van der Waals surface area contributed by atoms with Crippen molar-refractivity contribution in [3.8, 4) is 0 Å². The fraction of sp³-hybridized carbons (Fsp3) is 0.200. The third-order valence-corrected chi connectivity index (χ3v) is 3.45. The molecule has 2 rings (SSSR count). The largest absolute Gasteiger partial charge is 0.380 e. The van der Waals surface area contributed by atoms with Gasteiger partial charge in [0.1, 0.15) is 0 Å². The maximum atomic E-state index is 6.18. The van der Waals surface area contributed by atoms with Gasteiger partial charge in [-0.1, -0.05) is 35.3 Å². The monoisotopic (exact) mass is 279 g/mol. The average Bonchev–Trinajstić information content (AvgIpc) is 2.30. The van der Waals surface area contributed by atoms with Crippen molar-refractivity contribution in [2.45, 2.75) is 20.4 Å². The van der Waals surface area contributed by atoms with Crippen molar-refractivity contribution in [1.82, 2.24) is 0 Å². The zero-order valence-electron chi connectivity index (χ0n) is 10.4. The molecule has 0 unspecified atom stereocenters. The van der Waals surface area contributed by atoms with E-state index in [0.717, 1.165) is 27.8 Å². The summed E-state index contributed by atoms with van der Waals surface area (Å²) in [4.78, 5) is 0. The molecule has 18 heavy (non-hydrogen) atoms. The third kappa shape index (κ3) is 3.18. The number of nitrogens with one attached hydrogen (secondary N) is 1. The molecule has 3 heteroatoms. The Hall–Kier alpha value is -1.18. The van der Waals surface area contributed by atoms with Crippen LogP contribution >= 0.6 is 23.2 Å². The molecule has 2 aromatic rings. The lowest BCUT2D eigenvalue weighted by atomic mass is 10.1. The first-order valence-corrected chi connectivity index (χ1v) is 6.57. The fourth-order valence-corrected chi connectivity index (χ4v) is 2.34. The van der Waals surface area contributed by atoms with Crippen molar-refractivity contribution in [3.63, 3.8) is 0 Å². The normalized spacial score (nSPS) is 10.4. The van der Waals surface area contributed by atoms with Gasteiger partial charge in [-0.15, -0.1) is 0 Å². The molecule has 0 heterocycles. The molecular formula is C15H15Cl2N. The predicted octanol–water partition coefficient (Wildman–Crippen LogP) is 5.22. The second kappa shape index (κ2) is 5.64. The lowest BCUT2D eigenvalue weighted by Gasteiger charge is -2.11. The Morgan fingerprint density at radius 2 is 1.78 bits per heavy atom. The van der Waals surface area contributed by atoms with Crippen molar-refractivity contribution < 1.29 is 0 Å². The summed E-state index contributed by atoms with van der Waals surface area (Å²) in [6, 6.07) is 11.9. The van der Waals surface area contributed by atoms with E-state index in [9.17, 15) is 0 Å². The van der Waals surface area contributed by atoms with E-state index in [0.29, 0.717) is 0 Å². The van der Waals surface area contributed by atoms with Crippen molar-refractivity contribution in [2.75, 3.05) is 5.32 Å². The van der Waals surface area contributed by atoms with Crippen molar-refractivity contribution in [2.24, 2.45) is 0 Å². The molecule has 0 amide bonds. The Morgan fingerprint density at radius 3 is 2.44 bits per heavy atom. The summed E-state index contributed by atoms with van der Waals surface area (Å²) >= 11 is 12.1. The lowest BCUT2D eigenvalue weighted by Crippen LogP contribution is -2.01. The fourth-order valence-electron chi connectivity index (χ4n) is 1.81. The molecule has 0 spiro atoms. The van der Waals surface area contributed by atoms with Gasteiger partial charge in [0.25, 0.3) is 0 Å². The molecule has 2 aromatic carbocycles. The summed E-state index contributed by atoms with van der Waals surface area (Å²) in [5.41, 5.74) is 4.51. The van der Waals surface area contributed by atoms with Gasteiger partial charge in [0, 0.05) is 11.6 Å². The molecule has 0 aliphatic carbocycles. The molecule has 1 nitrogen and oxygen atoms in total. The van der Waals surface area contributed by atoms with Crippen LogP contribution in [0.4, 0.5) is 5.69 Å². The standard InChI is InChI=1S/C15H15Cl2N/c1-10-3-6-15(14(17)7-10)18-9-12-4-5-13(16)8-11(12)2/h3-8,18H,9H2,1-2H3. The first-order valence-electron chi connectivity index (χ1n) is 5.81. The molecule has 0 aliphatic heterocycles. The minimum absolute atomic E-state index is 0.742. The maximum absolute atomic E-state index is 6.18. The number of hydrogen-bond acceptors (Lipinski definition) is 1. The number of benzene rings is 2. The molecule has 0 atom stereocenters. The highest BCUT2D eigenvalue weighted by Crippen LogP contribution is 2.24. The number of anilines is 1. The van der Waals surface area contributed by atoms with Crippen LogP contribution < -0.4 is 5.32 Å². The van der Waals surface area contributed by atoms with E-state index in [2.05, 4.69) is 12.2 Å². The van der Waals surface area contributed by atoms with Crippen LogP contribution in [0.1, 0.15) is 16.7 Å². The molecular weight excluding hydrogens is 265 g/mol. The van der Waals surface area contributed by atoms with E-state index in [-0.39, 0.29) is 0 Å². The summed E-state index contributed by atoms with van der Waals surface area (Å²) in [5, 5.41) is 4.86. The zero-order chi connectivity index (χ0) is 13.1. The lowest BCUT2D eigenvalue weighted by molar-refractivity contribution is 1.12. The molecule has 0 saturated heterocycles. The average molecular weight is 280 g/mol. The molecule has 0 aliphatic rings. The van der Waals surface area contributed by atoms with Crippen LogP contribution in [0.25, 0.3) is 0 Å². The van der Waals surface area contributed by atoms with Gasteiger partial charge in [0.15, 0.2) is 0 Å². The minimum atomic E-state index is 0.742. The summed E-state index contributed by atoms with van der Waals surface area (Å²) in [7, 11) is 0. The van der Waals surface area contributed by atoms with Crippen molar-refractivity contribution >= 4 is 28.9 Å². The summed E-state index contributed by atoms with van der Waals surface area (Å²) in [6.07, 6.45) is 0. The number of hydrogen-bond donors (Lipinski definition) is 1. The van der Waals surface area contributed by atoms with E-state index in [1.807, 2.05) is 43.3 Å². The summed E-state index contributed by atoms with van der Waals surface area (Å²) < 4.78 is 0. The summed E-state index contributed by atoms with van der Waals surface area (Å²) in [6.45, 7) is 4.82. The van der Waals surface area contributed by atoms with E-state index in [1.54, 1.807) is 0 Å². The van der Waals surface area contributed by atoms with Crippen LogP contribution in [-0.4, -0.2) is 0 Å². The Balaban J connectivity index is 2.11. The van der Waals surface area contributed by atoms with Crippen molar-refractivity contribution in [3.05, 3.63) is 63.1 Å². The second-order valence-corrected chi connectivity index (χ2v) is 5.25. The quantitative estimate of drug-likeness (QED) is 0.812. The first-order chi connectivity index (χ1) is 8.56. The molecule has 0 saturated carbocycles. The number of rotatable bonds is 3. The Labute approximate surface area is 118 Å². The third-order valence-electron chi connectivity index (χ3n) is 2.90. The van der Waals surface area contributed by atoms with Gasteiger partial charge in [0.05, 0.1) is 10.7 Å². The molecule has 0 radical (unpaired) electrons. The smallest absolute Gasteiger partial charge is 0.0640 e.